The Bertz CT molecular complexity index is 545. The van der Waals surface area contributed by atoms with Crippen LogP contribution in [0.3, 0.4) is 0 Å². The van der Waals surface area contributed by atoms with Crippen molar-refractivity contribution in [2.24, 2.45) is 0 Å². The molecule has 1 heterocycles. The van der Waals surface area contributed by atoms with Gasteiger partial charge in [-0.1, -0.05) is 12.1 Å². The molecule has 1 aromatic heterocycles. The fourth-order valence-electron chi connectivity index (χ4n) is 1.14. The molecule has 0 aliphatic heterocycles. The van der Waals surface area contributed by atoms with E-state index in [0.717, 1.165) is 0 Å². The van der Waals surface area contributed by atoms with Crippen molar-refractivity contribution in [3.63, 3.8) is 0 Å². The lowest BCUT2D eigenvalue weighted by Gasteiger charge is -1.92. The Morgan fingerprint density at radius 1 is 1.47 bits per heavy atom. The van der Waals surface area contributed by atoms with Gasteiger partial charge in [0, 0.05) is 22.0 Å². The summed E-state index contributed by atoms with van der Waals surface area (Å²) in [6.45, 7) is 0. The van der Waals surface area contributed by atoms with Crippen LogP contribution in [0.1, 0.15) is 5.56 Å². The second-order valence-corrected chi connectivity index (χ2v) is 3.44. The standard InChI is InChI=1S/C9H4BrN3O2/c10-8-9(14)15-12-13(8)7-4-2-1-3-6(7)5-11/h1-4H. The first-order chi connectivity index (χ1) is 7.24. The van der Waals surface area contributed by atoms with Gasteiger partial charge >= 0.3 is 4.60 Å². The van der Waals surface area contributed by atoms with Gasteiger partial charge in [-0.25, -0.2) is 0 Å². The molecular weight excluding hydrogens is 262 g/mol. The van der Waals surface area contributed by atoms with Crippen LogP contribution >= 0.6 is 15.9 Å². The van der Waals surface area contributed by atoms with Crippen molar-refractivity contribution in [3.05, 3.63) is 34.4 Å². The maximum Gasteiger partial charge on any atom is 0.305 e. The summed E-state index contributed by atoms with van der Waals surface area (Å²) in [4.78, 5) is 0. The topological polar surface area (TPSA) is 76.8 Å². The Morgan fingerprint density at radius 3 is 2.80 bits per heavy atom. The minimum Gasteiger partial charge on any atom is -0.538 e. The molecule has 15 heavy (non-hydrogen) atoms. The predicted molar refractivity (Wildman–Crippen MR) is 49.9 cm³/mol. The number of aromatic nitrogens is 2. The quantitative estimate of drug-likeness (QED) is 0.710. The molecule has 5 nitrogen and oxygen atoms in total. The van der Waals surface area contributed by atoms with E-state index in [9.17, 15) is 5.11 Å². The van der Waals surface area contributed by atoms with Gasteiger partial charge < -0.3 is 9.63 Å². The van der Waals surface area contributed by atoms with Crippen LogP contribution in [0.15, 0.2) is 33.4 Å². The lowest BCUT2D eigenvalue weighted by molar-refractivity contribution is -0.680. The summed E-state index contributed by atoms with van der Waals surface area (Å²) >= 11 is 3.04. The van der Waals surface area contributed by atoms with E-state index in [1.807, 2.05) is 6.07 Å². The van der Waals surface area contributed by atoms with Crippen molar-refractivity contribution in [2.45, 2.75) is 0 Å². The van der Waals surface area contributed by atoms with E-state index in [0.29, 0.717) is 11.3 Å². The molecule has 0 atom stereocenters. The van der Waals surface area contributed by atoms with Gasteiger partial charge in [0.2, 0.25) is 0 Å². The second-order valence-electron chi connectivity index (χ2n) is 2.69. The SMILES string of the molecule is N#Cc1ccccc1-[n+]1noc([O-])c1Br. The smallest absolute Gasteiger partial charge is 0.305 e. The molecule has 0 N–H and O–H groups in total. The highest BCUT2D eigenvalue weighted by Crippen LogP contribution is 2.17. The maximum atomic E-state index is 11.0. The Hall–Kier alpha value is -1.87. The summed E-state index contributed by atoms with van der Waals surface area (Å²) in [6.07, 6.45) is 0. The normalized spacial score (nSPS) is 9.87. The molecule has 0 radical (unpaired) electrons. The lowest BCUT2D eigenvalue weighted by Crippen LogP contribution is -2.34. The van der Waals surface area contributed by atoms with Crippen molar-refractivity contribution in [3.8, 4) is 17.7 Å². The fraction of sp³-hybridized carbons (Fsp3) is 0. The number of rotatable bonds is 1. The number of benzene rings is 1. The summed E-state index contributed by atoms with van der Waals surface area (Å²) in [6, 6.07) is 8.79. The minimum atomic E-state index is -0.581. The van der Waals surface area contributed by atoms with Gasteiger partial charge in [-0.3, -0.25) is 0 Å². The van der Waals surface area contributed by atoms with Crippen LogP contribution in [-0.4, -0.2) is 5.27 Å². The van der Waals surface area contributed by atoms with Gasteiger partial charge in [-0.15, -0.1) is 0 Å². The van der Waals surface area contributed by atoms with Crippen molar-refractivity contribution in [1.82, 2.24) is 5.27 Å². The molecule has 2 rings (SSSR count). The summed E-state index contributed by atoms with van der Waals surface area (Å²) in [5.74, 6) is -0.581. The number of halogens is 1. The number of nitrogens with zero attached hydrogens (tertiary/aromatic N) is 3. The van der Waals surface area contributed by atoms with Crippen LogP contribution in [0, 0.1) is 11.3 Å². The molecule has 74 valence electrons. The molecular formula is C9H4BrN3O2. The van der Waals surface area contributed by atoms with Gasteiger partial charge in [-0.2, -0.15) is 5.26 Å². The monoisotopic (exact) mass is 265 g/mol. The summed E-state index contributed by atoms with van der Waals surface area (Å²) in [5.41, 5.74) is 0.911. The highest BCUT2D eigenvalue weighted by molar-refractivity contribution is 9.10. The van der Waals surface area contributed by atoms with E-state index in [4.69, 9.17) is 5.26 Å². The lowest BCUT2D eigenvalue weighted by atomic mass is 10.2. The van der Waals surface area contributed by atoms with Crippen molar-refractivity contribution < 1.29 is 14.3 Å². The van der Waals surface area contributed by atoms with E-state index in [2.05, 4.69) is 25.7 Å². The number of hydrogen-bond acceptors (Lipinski definition) is 4. The largest absolute Gasteiger partial charge is 0.538 e. The molecule has 0 aliphatic carbocycles. The summed E-state index contributed by atoms with van der Waals surface area (Å²) in [5, 5.41) is 23.4. The molecule has 1 aromatic carbocycles. The average Bonchev–Trinajstić information content (AvgIpc) is 2.60. The zero-order valence-electron chi connectivity index (χ0n) is 7.35. The number of para-hydroxylation sites is 1. The number of hydrogen-bond donors (Lipinski definition) is 0. The van der Waals surface area contributed by atoms with Crippen molar-refractivity contribution >= 4 is 15.9 Å². The van der Waals surface area contributed by atoms with E-state index >= 15 is 0 Å². The molecule has 0 bridgehead atoms. The zero-order valence-corrected chi connectivity index (χ0v) is 8.93. The Balaban J connectivity index is 2.65. The number of nitriles is 1. The molecule has 0 unspecified atom stereocenters. The van der Waals surface area contributed by atoms with Gasteiger partial charge in [0.1, 0.15) is 11.6 Å². The Morgan fingerprint density at radius 2 is 2.20 bits per heavy atom. The van der Waals surface area contributed by atoms with Crippen LogP contribution in [0.25, 0.3) is 5.69 Å². The molecule has 0 amide bonds. The molecule has 0 aliphatic rings. The van der Waals surface area contributed by atoms with Crippen LogP contribution in [0.4, 0.5) is 0 Å². The predicted octanol–water partition coefficient (Wildman–Crippen LogP) is 0.659. The van der Waals surface area contributed by atoms with Crippen molar-refractivity contribution in [2.75, 3.05) is 0 Å². The maximum absolute atomic E-state index is 11.0. The molecule has 0 saturated heterocycles. The minimum absolute atomic E-state index is 0.158. The first-order valence-corrected chi connectivity index (χ1v) is 4.77. The third-order valence-electron chi connectivity index (χ3n) is 1.81. The first-order valence-electron chi connectivity index (χ1n) is 3.98. The zero-order chi connectivity index (χ0) is 10.8. The summed E-state index contributed by atoms with van der Waals surface area (Å²) in [7, 11) is 0. The van der Waals surface area contributed by atoms with Gasteiger partial charge in [0.25, 0.3) is 5.69 Å². The molecule has 0 spiro atoms. The Labute approximate surface area is 93.3 Å². The molecule has 0 saturated carbocycles. The van der Waals surface area contributed by atoms with Gasteiger partial charge in [0.15, 0.2) is 5.95 Å². The molecule has 0 fully saturated rings. The van der Waals surface area contributed by atoms with Crippen LogP contribution in [0.2, 0.25) is 0 Å². The third kappa shape index (κ3) is 1.57. The van der Waals surface area contributed by atoms with Gasteiger partial charge in [-0.05, 0) is 10.7 Å². The van der Waals surface area contributed by atoms with Gasteiger partial charge in [0.05, 0.1) is 5.27 Å². The third-order valence-corrected chi connectivity index (χ3v) is 2.47. The molecule has 6 heteroatoms. The second kappa shape index (κ2) is 3.71. The Kier molecular flexibility index (Phi) is 2.39. The average molecular weight is 266 g/mol. The van der Waals surface area contributed by atoms with Crippen LogP contribution in [0.5, 0.6) is 5.95 Å². The van der Waals surface area contributed by atoms with E-state index in [1.54, 1.807) is 24.3 Å². The first kappa shape index (κ1) is 9.68. The van der Waals surface area contributed by atoms with Crippen LogP contribution in [-0.2, 0) is 0 Å². The highest BCUT2D eigenvalue weighted by atomic mass is 79.9. The van der Waals surface area contributed by atoms with Crippen molar-refractivity contribution in [1.29, 1.82) is 5.26 Å². The highest BCUT2D eigenvalue weighted by Gasteiger charge is 2.20. The van der Waals surface area contributed by atoms with E-state index in [-0.39, 0.29) is 4.60 Å². The van der Waals surface area contributed by atoms with E-state index in [1.165, 1.54) is 4.68 Å². The van der Waals surface area contributed by atoms with E-state index < -0.39 is 5.95 Å². The summed E-state index contributed by atoms with van der Waals surface area (Å²) < 4.78 is 5.84. The van der Waals surface area contributed by atoms with Crippen LogP contribution < -0.4 is 9.79 Å². The fourth-order valence-corrected chi connectivity index (χ4v) is 1.47. The molecule has 2 aromatic rings.